The van der Waals surface area contributed by atoms with Gasteiger partial charge in [0.1, 0.15) is 5.01 Å². The van der Waals surface area contributed by atoms with Gasteiger partial charge in [-0.25, -0.2) is 4.98 Å². The summed E-state index contributed by atoms with van der Waals surface area (Å²) < 4.78 is 0. The zero-order valence-electron chi connectivity index (χ0n) is 7.49. The van der Waals surface area contributed by atoms with Crippen LogP contribution in [-0.2, 0) is 12.1 Å². The highest BCUT2D eigenvalue weighted by Gasteiger charge is 2.33. The molecule has 1 aromatic rings. The van der Waals surface area contributed by atoms with Crippen LogP contribution in [0.3, 0.4) is 0 Å². The van der Waals surface area contributed by atoms with Crippen molar-refractivity contribution in [2.24, 2.45) is 5.73 Å². The van der Waals surface area contributed by atoms with Gasteiger partial charge in [-0.1, -0.05) is 12.8 Å². The summed E-state index contributed by atoms with van der Waals surface area (Å²) in [4.78, 5) is 4.33. The third-order valence-corrected chi connectivity index (χ3v) is 3.53. The summed E-state index contributed by atoms with van der Waals surface area (Å²) in [6.07, 6.45) is 4.45. The number of nitrogens with zero attached hydrogens (tertiary/aromatic N) is 1. The van der Waals surface area contributed by atoms with Crippen molar-refractivity contribution >= 4 is 11.3 Å². The average molecular weight is 198 g/mol. The van der Waals surface area contributed by atoms with Gasteiger partial charge in [-0.2, -0.15) is 0 Å². The molecule has 0 aliphatic heterocycles. The second-order valence-corrected chi connectivity index (χ2v) is 4.59. The van der Waals surface area contributed by atoms with E-state index in [1.807, 2.05) is 5.38 Å². The Bertz CT molecular complexity index is 292. The first-order chi connectivity index (χ1) is 6.24. The summed E-state index contributed by atoms with van der Waals surface area (Å²) in [6, 6.07) is 0. The predicted octanol–water partition coefficient (Wildman–Crippen LogP) is 1.36. The van der Waals surface area contributed by atoms with Gasteiger partial charge in [-0.05, 0) is 12.8 Å². The molecule has 1 aliphatic rings. The SMILES string of the molecule is NC1(c2csc(CO)n2)CCCC1. The van der Waals surface area contributed by atoms with Crippen molar-refractivity contribution in [2.75, 3.05) is 0 Å². The lowest BCUT2D eigenvalue weighted by Gasteiger charge is -2.20. The molecule has 13 heavy (non-hydrogen) atoms. The fraction of sp³-hybridized carbons (Fsp3) is 0.667. The minimum absolute atomic E-state index is 0.0285. The lowest BCUT2D eigenvalue weighted by molar-refractivity contribution is 0.280. The van der Waals surface area contributed by atoms with E-state index in [-0.39, 0.29) is 12.1 Å². The Morgan fingerprint density at radius 1 is 1.54 bits per heavy atom. The molecule has 0 bridgehead atoms. The van der Waals surface area contributed by atoms with E-state index in [9.17, 15) is 0 Å². The monoisotopic (exact) mass is 198 g/mol. The van der Waals surface area contributed by atoms with Crippen LogP contribution in [0, 0.1) is 0 Å². The van der Waals surface area contributed by atoms with Crippen molar-refractivity contribution in [2.45, 2.75) is 37.8 Å². The molecule has 0 amide bonds. The number of hydrogen-bond acceptors (Lipinski definition) is 4. The van der Waals surface area contributed by atoms with Crippen LogP contribution in [0.15, 0.2) is 5.38 Å². The van der Waals surface area contributed by atoms with Crippen LogP contribution in [0.1, 0.15) is 36.4 Å². The highest BCUT2D eigenvalue weighted by atomic mass is 32.1. The van der Waals surface area contributed by atoms with E-state index in [2.05, 4.69) is 4.98 Å². The molecule has 1 heterocycles. The van der Waals surface area contributed by atoms with Crippen molar-refractivity contribution in [3.05, 3.63) is 16.1 Å². The lowest BCUT2D eigenvalue weighted by atomic mass is 9.96. The van der Waals surface area contributed by atoms with E-state index in [4.69, 9.17) is 10.8 Å². The van der Waals surface area contributed by atoms with Gasteiger partial charge in [0.25, 0.3) is 0 Å². The topological polar surface area (TPSA) is 59.1 Å². The van der Waals surface area contributed by atoms with Gasteiger partial charge < -0.3 is 10.8 Å². The molecule has 1 aliphatic carbocycles. The van der Waals surface area contributed by atoms with Gasteiger partial charge in [-0.3, -0.25) is 0 Å². The largest absolute Gasteiger partial charge is 0.389 e. The molecule has 4 heteroatoms. The van der Waals surface area contributed by atoms with Crippen molar-refractivity contribution in [1.29, 1.82) is 0 Å². The fourth-order valence-electron chi connectivity index (χ4n) is 1.87. The van der Waals surface area contributed by atoms with Crippen LogP contribution in [-0.4, -0.2) is 10.1 Å². The Kier molecular flexibility index (Phi) is 2.36. The molecule has 0 radical (unpaired) electrons. The Morgan fingerprint density at radius 3 is 2.77 bits per heavy atom. The molecule has 3 N–H and O–H groups in total. The number of aliphatic hydroxyl groups excluding tert-OH is 1. The summed E-state index contributed by atoms with van der Waals surface area (Å²) in [5.74, 6) is 0. The van der Waals surface area contributed by atoms with E-state index in [1.54, 1.807) is 0 Å². The first-order valence-corrected chi connectivity index (χ1v) is 5.47. The van der Waals surface area contributed by atoms with Gasteiger partial charge in [-0.15, -0.1) is 11.3 Å². The van der Waals surface area contributed by atoms with E-state index >= 15 is 0 Å². The molecule has 2 rings (SSSR count). The minimum Gasteiger partial charge on any atom is -0.389 e. The molecule has 0 unspecified atom stereocenters. The summed E-state index contributed by atoms with van der Waals surface area (Å²) in [5.41, 5.74) is 6.98. The zero-order valence-corrected chi connectivity index (χ0v) is 8.31. The Balaban J connectivity index is 2.23. The number of aliphatic hydroxyl groups is 1. The van der Waals surface area contributed by atoms with Crippen LogP contribution in [0.5, 0.6) is 0 Å². The highest BCUT2D eigenvalue weighted by Crippen LogP contribution is 2.36. The smallest absolute Gasteiger partial charge is 0.118 e. The van der Waals surface area contributed by atoms with Gasteiger partial charge in [0.2, 0.25) is 0 Å². The van der Waals surface area contributed by atoms with Crippen molar-refractivity contribution in [3.8, 4) is 0 Å². The first kappa shape index (κ1) is 9.12. The number of hydrogen-bond donors (Lipinski definition) is 2. The van der Waals surface area contributed by atoms with Crippen LogP contribution in [0.2, 0.25) is 0 Å². The minimum atomic E-state index is -0.204. The molecule has 1 fully saturated rings. The van der Waals surface area contributed by atoms with Gasteiger partial charge in [0, 0.05) is 5.38 Å². The standard InChI is InChI=1S/C9H14N2OS/c10-9(3-1-2-4-9)7-6-13-8(5-12)11-7/h6,12H,1-5,10H2. The summed E-state index contributed by atoms with van der Waals surface area (Å²) in [5, 5.41) is 11.6. The maximum absolute atomic E-state index is 8.88. The third-order valence-electron chi connectivity index (χ3n) is 2.69. The Labute approximate surface area is 81.6 Å². The van der Waals surface area contributed by atoms with E-state index < -0.39 is 0 Å². The van der Waals surface area contributed by atoms with Crippen LogP contribution >= 0.6 is 11.3 Å². The average Bonchev–Trinajstić information content (AvgIpc) is 2.72. The Morgan fingerprint density at radius 2 is 2.23 bits per heavy atom. The molecular formula is C9H14N2OS. The molecule has 1 saturated carbocycles. The maximum atomic E-state index is 8.88. The second-order valence-electron chi connectivity index (χ2n) is 3.65. The molecule has 0 atom stereocenters. The molecule has 72 valence electrons. The van der Waals surface area contributed by atoms with Crippen molar-refractivity contribution in [3.63, 3.8) is 0 Å². The summed E-state index contributed by atoms with van der Waals surface area (Å²) in [6.45, 7) is 0.0285. The number of thiazole rings is 1. The summed E-state index contributed by atoms with van der Waals surface area (Å²) >= 11 is 1.49. The number of rotatable bonds is 2. The van der Waals surface area contributed by atoms with Crippen LogP contribution in [0.25, 0.3) is 0 Å². The molecule has 1 aromatic heterocycles. The van der Waals surface area contributed by atoms with Crippen LogP contribution in [0.4, 0.5) is 0 Å². The first-order valence-electron chi connectivity index (χ1n) is 4.59. The second kappa shape index (κ2) is 3.36. The maximum Gasteiger partial charge on any atom is 0.118 e. The van der Waals surface area contributed by atoms with E-state index in [0.717, 1.165) is 23.5 Å². The number of aromatic nitrogens is 1. The van der Waals surface area contributed by atoms with Crippen molar-refractivity contribution < 1.29 is 5.11 Å². The summed E-state index contributed by atoms with van der Waals surface area (Å²) in [7, 11) is 0. The normalized spacial score (nSPS) is 20.8. The quantitative estimate of drug-likeness (QED) is 0.754. The zero-order chi connectivity index (χ0) is 9.31. The molecular weight excluding hydrogens is 184 g/mol. The number of nitrogens with two attached hydrogens (primary N) is 1. The lowest BCUT2D eigenvalue weighted by Crippen LogP contribution is -2.33. The molecule has 0 spiro atoms. The molecule has 0 aromatic carbocycles. The third kappa shape index (κ3) is 1.61. The predicted molar refractivity (Wildman–Crippen MR) is 52.4 cm³/mol. The van der Waals surface area contributed by atoms with E-state index in [0.29, 0.717) is 0 Å². The molecule has 3 nitrogen and oxygen atoms in total. The molecule has 0 saturated heterocycles. The Hall–Kier alpha value is -0.450. The van der Waals surface area contributed by atoms with Crippen molar-refractivity contribution in [1.82, 2.24) is 4.98 Å². The van der Waals surface area contributed by atoms with Gasteiger partial charge in [0.05, 0.1) is 17.8 Å². The van der Waals surface area contributed by atoms with E-state index in [1.165, 1.54) is 24.2 Å². The fourth-order valence-corrected chi connectivity index (χ4v) is 2.63. The van der Waals surface area contributed by atoms with Crippen LogP contribution < -0.4 is 5.73 Å². The van der Waals surface area contributed by atoms with Gasteiger partial charge >= 0.3 is 0 Å². The highest BCUT2D eigenvalue weighted by molar-refractivity contribution is 7.09. The van der Waals surface area contributed by atoms with Gasteiger partial charge in [0.15, 0.2) is 0 Å².